The van der Waals surface area contributed by atoms with Crippen LogP contribution < -0.4 is 5.56 Å². The Kier molecular flexibility index (Phi) is 5.33. The van der Waals surface area contributed by atoms with Crippen molar-refractivity contribution in [1.82, 2.24) is 14.1 Å². The molecule has 0 amide bonds. The van der Waals surface area contributed by atoms with Gasteiger partial charge in [0.05, 0.1) is 11.8 Å². The summed E-state index contributed by atoms with van der Waals surface area (Å²) in [4.78, 5) is 18.4. The van der Waals surface area contributed by atoms with Crippen LogP contribution in [-0.2, 0) is 13.1 Å². The number of halogens is 1. The molecule has 166 valence electrons. The number of rotatable bonds is 5. The number of aryl methyl sites for hydroxylation is 2. The molecule has 5 aromatic rings. The summed E-state index contributed by atoms with van der Waals surface area (Å²) in [5.41, 5.74) is 6.38. The summed E-state index contributed by atoms with van der Waals surface area (Å²) in [6, 6.07) is 21.1. The van der Waals surface area contributed by atoms with Crippen molar-refractivity contribution in [2.24, 2.45) is 0 Å². The second kappa shape index (κ2) is 8.32. The third kappa shape index (κ3) is 3.84. The molecule has 2 aromatic heterocycles. The quantitative estimate of drug-likeness (QED) is 0.339. The summed E-state index contributed by atoms with van der Waals surface area (Å²) in [5.74, 6) is -0.186. The predicted molar refractivity (Wildman–Crippen MR) is 131 cm³/mol. The van der Waals surface area contributed by atoms with Crippen LogP contribution in [0.1, 0.15) is 35.1 Å². The first kappa shape index (κ1) is 21.1. The molecule has 0 bridgehead atoms. The summed E-state index contributed by atoms with van der Waals surface area (Å²) in [6.45, 7) is 7.27. The van der Waals surface area contributed by atoms with Gasteiger partial charge < -0.3 is 4.57 Å². The minimum absolute atomic E-state index is 0.107. The number of fused-ring (bicyclic) bond motifs is 3. The number of aromatic nitrogens is 3. The molecule has 0 fully saturated rings. The van der Waals surface area contributed by atoms with Gasteiger partial charge in [0.1, 0.15) is 16.9 Å². The molecule has 1 atom stereocenters. The molecule has 0 N–H and O–H groups in total. The lowest BCUT2D eigenvalue weighted by molar-refractivity contribution is 0.575. The monoisotopic (exact) mass is 439 g/mol. The molecule has 2 heterocycles. The van der Waals surface area contributed by atoms with Crippen LogP contribution in [0.4, 0.5) is 4.39 Å². The molecule has 3 aromatic carbocycles. The van der Waals surface area contributed by atoms with Crippen LogP contribution in [0.25, 0.3) is 21.9 Å². The van der Waals surface area contributed by atoms with E-state index in [0.717, 1.165) is 22.2 Å². The maximum absolute atomic E-state index is 14.1. The van der Waals surface area contributed by atoms with E-state index < -0.39 is 0 Å². The van der Waals surface area contributed by atoms with Crippen LogP contribution in [0.5, 0.6) is 0 Å². The molecule has 0 radical (unpaired) electrons. The molecule has 0 spiro atoms. The van der Waals surface area contributed by atoms with Crippen molar-refractivity contribution in [1.29, 1.82) is 0 Å². The summed E-state index contributed by atoms with van der Waals surface area (Å²) in [6.07, 6.45) is 1.59. The highest BCUT2D eigenvalue weighted by Gasteiger charge is 2.19. The van der Waals surface area contributed by atoms with Crippen molar-refractivity contribution >= 4 is 21.9 Å². The molecule has 0 aliphatic rings. The zero-order valence-corrected chi connectivity index (χ0v) is 19.0. The van der Waals surface area contributed by atoms with E-state index in [2.05, 4.69) is 56.1 Å². The second-order valence-electron chi connectivity index (χ2n) is 8.89. The topological polar surface area (TPSA) is 39.8 Å². The number of hydrogen-bond acceptors (Lipinski definition) is 2. The van der Waals surface area contributed by atoms with Gasteiger partial charge in [-0.1, -0.05) is 61.0 Å². The first-order chi connectivity index (χ1) is 15.9. The highest BCUT2D eigenvalue weighted by molar-refractivity contribution is 6.05. The lowest BCUT2D eigenvalue weighted by atomic mass is 10.0. The van der Waals surface area contributed by atoms with Gasteiger partial charge in [0, 0.05) is 18.5 Å². The van der Waals surface area contributed by atoms with Crippen LogP contribution in [0.3, 0.4) is 0 Å². The van der Waals surface area contributed by atoms with Gasteiger partial charge in [-0.3, -0.25) is 9.36 Å². The Morgan fingerprint density at radius 1 is 1.00 bits per heavy atom. The third-order valence-corrected chi connectivity index (χ3v) is 6.46. The lowest BCUT2D eigenvalue weighted by Crippen LogP contribution is -2.24. The van der Waals surface area contributed by atoms with Gasteiger partial charge in [0.15, 0.2) is 0 Å². The summed E-state index contributed by atoms with van der Waals surface area (Å²) in [5, 5.41) is 0.663. The van der Waals surface area contributed by atoms with Gasteiger partial charge in [0.25, 0.3) is 5.56 Å². The van der Waals surface area contributed by atoms with Crippen LogP contribution in [-0.4, -0.2) is 14.1 Å². The molecule has 4 nitrogen and oxygen atoms in total. The molecule has 5 rings (SSSR count). The number of benzene rings is 3. The Morgan fingerprint density at radius 2 is 1.79 bits per heavy atom. The van der Waals surface area contributed by atoms with E-state index in [4.69, 9.17) is 0 Å². The van der Waals surface area contributed by atoms with E-state index in [0.29, 0.717) is 29.5 Å². The Balaban J connectivity index is 1.69. The molecule has 1 unspecified atom stereocenters. The normalized spacial score (nSPS) is 12.5. The summed E-state index contributed by atoms with van der Waals surface area (Å²) >= 11 is 0. The average molecular weight is 440 g/mol. The largest absolute Gasteiger partial charge is 0.330 e. The smallest absolute Gasteiger partial charge is 0.277 e. The molecule has 5 heteroatoms. The zero-order valence-electron chi connectivity index (χ0n) is 19.0. The first-order valence-electron chi connectivity index (χ1n) is 11.2. The average Bonchev–Trinajstić information content (AvgIpc) is 3.12. The van der Waals surface area contributed by atoms with Crippen LogP contribution in [0.15, 0.2) is 77.9 Å². The van der Waals surface area contributed by atoms with E-state index in [1.165, 1.54) is 17.7 Å². The Labute approximate surface area is 191 Å². The molecule has 0 aliphatic heterocycles. The van der Waals surface area contributed by atoms with Gasteiger partial charge in [-0.15, -0.1) is 0 Å². The second-order valence-corrected chi connectivity index (χ2v) is 8.89. The molecule has 33 heavy (non-hydrogen) atoms. The van der Waals surface area contributed by atoms with Crippen molar-refractivity contribution < 1.29 is 4.39 Å². The van der Waals surface area contributed by atoms with Gasteiger partial charge in [-0.05, 0) is 54.7 Å². The van der Waals surface area contributed by atoms with E-state index in [1.54, 1.807) is 17.0 Å². The maximum atomic E-state index is 14.1. The van der Waals surface area contributed by atoms with E-state index in [-0.39, 0.29) is 17.3 Å². The van der Waals surface area contributed by atoms with E-state index in [1.807, 2.05) is 22.8 Å². The van der Waals surface area contributed by atoms with Crippen molar-refractivity contribution in [3.63, 3.8) is 0 Å². The highest BCUT2D eigenvalue weighted by atomic mass is 19.1. The maximum Gasteiger partial charge on any atom is 0.277 e. The Hall–Kier alpha value is -3.73. The third-order valence-electron chi connectivity index (χ3n) is 6.46. The van der Waals surface area contributed by atoms with Crippen molar-refractivity contribution in [2.75, 3.05) is 0 Å². The summed E-state index contributed by atoms with van der Waals surface area (Å²) in [7, 11) is 0. The van der Waals surface area contributed by atoms with E-state index in [9.17, 15) is 9.18 Å². The molecular formula is C28H26FN3O. The van der Waals surface area contributed by atoms with Crippen molar-refractivity contribution in [2.45, 2.75) is 39.8 Å². The zero-order chi connectivity index (χ0) is 23.1. The van der Waals surface area contributed by atoms with Crippen LogP contribution in [0, 0.1) is 19.7 Å². The Bertz CT molecular complexity index is 1530. The SMILES string of the molecule is Cc1ccc(C)c(Cn2c3ccc(F)cc3c3ncn(CC(C)c4ccccc4)c(=O)c32)c1. The van der Waals surface area contributed by atoms with Gasteiger partial charge in [0.2, 0.25) is 0 Å². The van der Waals surface area contributed by atoms with Gasteiger partial charge >= 0.3 is 0 Å². The van der Waals surface area contributed by atoms with Gasteiger partial charge in [-0.25, -0.2) is 9.37 Å². The predicted octanol–water partition coefficient (Wildman–Crippen LogP) is 5.96. The fourth-order valence-electron chi connectivity index (χ4n) is 4.59. The fourth-order valence-corrected chi connectivity index (χ4v) is 4.59. The Morgan fingerprint density at radius 3 is 2.58 bits per heavy atom. The highest BCUT2D eigenvalue weighted by Crippen LogP contribution is 2.28. The van der Waals surface area contributed by atoms with Crippen molar-refractivity contribution in [3.05, 3.63) is 111 Å². The minimum atomic E-state index is -0.336. The molecule has 0 aliphatic carbocycles. The first-order valence-corrected chi connectivity index (χ1v) is 11.2. The van der Waals surface area contributed by atoms with Gasteiger partial charge in [-0.2, -0.15) is 0 Å². The van der Waals surface area contributed by atoms with Crippen LogP contribution >= 0.6 is 0 Å². The van der Waals surface area contributed by atoms with Crippen molar-refractivity contribution in [3.8, 4) is 0 Å². The molecule has 0 saturated heterocycles. The van der Waals surface area contributed by atoms with E-state index >= 15 is 0 Å². The standard InChI is InChI=1S/C28H26FN3O/c1-18-9-10-19(2)22(13-18)16-32-25-12-11-23(29)14-24(25)26-27(32)28(33)31(17-30-26)15-20(3)21-7-5-4-6-8-21/h4-14,17,20H,15-16H2,1-3H3. The molecular weight excluding hydrogens is 413 g/mol. The lowest BCUT2D eigenvalue weighted by Gasteiger charge is -2.15. The number of hydrogen-bond donors (Lipinski definition) is 0. The minimum Gasteiger partial charge on any atom is -0.330 e. The molecule has 0 saturated carbocycles. The number of nitrogens with zero attached hydrogens (tertiary/aromatic N) is 3. The summed E-state index contributed by atoms with van der Waals surface area (Å²) < 4.78 is 17.8. The fraction of sp³-hybridized carbons (Fsp3) is 0.214. The van der Waals surface area contributed by atoms with Crippen LogP contribution in [0.2, 0.25) is 0 Å².